The van der Waals surface area contributed by atoms with E-state index in [-0.39, 0.29) is 20.6 Å². The molecule has 0 aliphatic carbocycles. The van der Waals surface area contributed by atoms with E-state index < -0.39 is 10.0 Å². The van der Waals surface area contributed by atoms with Gasteiger partial charge in [0.1, 0.15) is 5.82 Å². The zero-order chi connectivity index (χ0) is 15.6. The third kappa shape index (κ3) is 3.60. The Morgan fingerprint density at radius 2 is 1.90 bits per heavy atom. The Kier molecular flexibility index (Phi) is 4.98. The molecule has 2 N–H and O–H groups in total. The number of anilines is 2. The number of benzene rings is 1. The molecule has 0 amide bonds. The highest BCUT2D eigenvalue weighted by Crippen LogP contribution is 2.36. The van der Waals surface area contributed by atoms with Crippen molar-refractivity contribution in [2.75, 3.05) is 17.1 Å². The molecule has 2 aromatic rings. The number of pyridine rings is 1. The van der Waals surface area contributed by atoms with Gasteiger partial charge in [-0.2, -0.15) is 0 Å². The topological polar surface area (TPSA) is 71.1 Å². The molecule has 0 saturated heterocycles. The van der Waals surface area contributed by atoms with Gasteiger partial charge in [-0.15, -0.1) is 0 Å². The maximum Gasteiger partial charge on any atom is 0.262 e. The van der Waals surface area contributed by atoms with Gasteiger partial charge < -0.3 is 5.32 Å². The van der Waals surface area contributed by atoms with Crippen LogP contribution in [0.3, 0.4) is 0 Å². The van der Waals surface area contributed by atoms with Gasteiger partial charge in [-0.05, 0) is 34.1 Å². The molecule has 0 aliphatic rings. The molecule has 0 saturated carbocycles. The van der Waals surface area contributed by atoms with Crippen LogP contribution in [0.25, 0.3) is 0 Å². The van der Waals surface area contributed by atoms with Crippen LogP contribution in [-0.2, 0) is 10.0 Å². The van der Waals surface area contributed by atoms with E-state index in [2.05, 4.69) is 31.0 Å². The van der Waals surface area contributed by atoms with Crippen LogP contribution < -0.4 is 10.0 Å². The van der Waals surface area contributed by atoms with Crippen molar-refractivity contribution in [3.8, 4) is 0 Å². The first-order valence-electron chi connectivity index (χ1n) is 5.65. The van der Waals surface area contributed by atoms with Crippen LogP contribution in [0.1, 0.15) is 0 Å². The Morgan fingerprint density at radius 1 is 1.19 bits per heavy atom. The maximum atomic E-state index is 12.3. The minimum atomic E-state index is -3.79. The highest BCUT2D eigenvalue weighted by molar-refractivity contribution is 9.10. The standard InChI is InChI=1S/C12H10BrCl2N3O2S/c1-16-10-6-7(4-5-17-10)21(19,20)18-9-3-2-8(13)11(14)12(9)15/h2-6,18H,1H3,(H,16,17). The number of nitrogens with zero attached hydrogens (tertiary/aromatic N) is 1. The minimum absolute atomic E-state index is 0.0666. The summed E-state index contributed by atoms with van der Waals surface area (Å²) in [6, 6.07) is 5.93. The Bertz CT molecular complexity index is 784. The molecule has 112 valence electrons. The third-order valence-electron chi connectivity index (χ3n) is 2.58. The molecule has 5 nitrogen and oxygen atoms in total. The fourth-order valence-corrected chi connectivity index (χ4v) is 3.49. The monoisotopic (exact) mass is 409 g/mol. The number of hydrogen-bond donors (Lipinski definition) is 2. The van der Waals surface area contributed by atoms with Crippen molar-refractivity contribution in [3.05, 3.63) is 45.0 Å². The van der Waals surface area contributed by atoms with Crippen molar-refractivity contribution in [1.82, 2.24) is 4.98 Å². The largest absolute Gasteiger partial charge is 0.373 e. The Balaban J connectivity index is 2.40. The number of nitrogens with one attached hydrogen (secondary N) is 2. The smallest absolute Gasteiger partial charge is 0.262 e. The van der Waals surface area contributed by atoms with Gasteiger partial charge in [-0.3, -0.25) is 4.72 Å². The summed E-state index contributed by atoms with van der Waals surface area (Å²) in [5.41, 5.74) is 0.202. The fourth-order valence-electron chi connectivity index (χ4n) is 1.52. The van der Waals surface area contributed by atoms with Crippen molar-refractivity contribution >= 4 is 60.7 Å². The van der Waals surface area contributed by atoms with E-state index in [0.717, 1.165) is 0 Å². The lowest BCUT2D eigenvalue weighted by molar-refractivity contribution is 0.601. The van der Waals surface area contributed by atoms with E-state index in [1.165, 1.54) is 24.4 Å². The van der Waals surface area contributed by atoms with Crippen LogP contribution in [0.2, 0.25) is 10.0 Å². The lowest BCUT2D eigenvalue weighted by Gasteiger charge is -2.11. The van der Waals surface area contributed by atoms with Crippen LogP contribution in [0, 0.1) is 0 Å². The predicted octanol–water partition coefficient (Wildman–Crippen LogP) is 3.99. The molecule has 0 bridgehead atoms. The normalized spacial score (nSPS) is 11.2. The summed E-state index contributed by atoms with van der Waals surface area (Å²) in [5, 5.41) is 3.14. The highest BCUT2D eigenvalue weighted by Gasteiger charge is 2.18. The summed E-state index contributed by atoms with van der Waals surface area (Å²) in [5.74, 6) is 0.442. The lowest BCUT2D eigenvalue weighted by atomic mass is 10.3. The van der Waals surface area contributed by atoms with Gasteiger partial charge in [0.05, 0.1) is 20.6 Å². The number of hydrogen-bond acceptors (Lipinski definition) is 4. The van der Waals surface area contributed by atoms with Gasteiger partial charge in [-0.25, -0.2) is 13.4 Å². The molecule has 0 atom stereocenters. The SMILES string of the molecule is CNc1cc(S(=O)(=O)Nc2ccc(Br)c(Cl)c2Cl)ccn1. The van der Waals surface area contributed by atoms with Crippen LogP contribution in [0.15, 0.2) is 39.8 Å². The molecule has 1 heterocycles. The summed E-state index contributed by atoms with van der Waals surface area (Å²) in [7, 11) is -2.14. The van der Waals surface area contributed by atoms with Crippen molar-refractivity contribution in [2.24, 2.45) is 0 Å². The predicted molar refractivity (Wildman–Crippen MR) is 88.8 cm³/mol. The molecular formula is C12H10BrCl2N3O2S. The van der Waals surface area contributed by atoms with Crippen LogP contribution in [-0.4, -0.2) is 20.4 Å². The van der Waals surface area contributed by atoms with E-state index in [4.69, 9.17) is 23.2 Å². The first-order chi connectivity index (χ1) is 9.85. The zero-order valence-electron chi connectivity index (χ0n) is 10.7. The van der Waals surface area contributed by atoms with Gasteiger partial charge in [0.25, 0.3) is 10.0 Å². The van der Waals surface area contributed by atoms with Crippen LogP contribution in [0.4, 0.5) is 11.5 Å². The van der Waals surface area contributed by atoms with Gasteiger partial charge in [-0.1, -0.05) is 23.2 Å². The van der Waals surface area contributed by atoms with Crippen molar-refractivity contribution in [2.45, 2.75) is 4.90 Å². The maximum absolute atomic E-state index is 12.3. The Hall–Kier alpha value is -1.02. The summed E-state index contributed by atoms with van der Waals surface area (Å²) in [6.45, 7) is 0. The average molecular weight is 411 g/mol. The fraction of sp³-hybridized carbons (Fsp3) is 0.0833. The third-order valence-corrected chi connectivity index (χ3v) is 5.71. The van der Waals surface area contributed by atoms with E-state index in [0.29, 0.717) is 10.3 Å². The number of rotatable bonds is 4. The second-order valence-electron chi connectivity index (χ2n) is 3.96. The first kappa shape index (κ1) is 16.4. The summed E-state index contributed by atoms with van der Waals surface area (Å²) >= 11 is 15.2. The molecular weight excluding hydrogens is 401 g/mol. The number of halogens is 3. The van der Waals surface area contributed by atoms with Crippen molar-refractivity contribution in [3.63, 3.8) is 0 Å². The summed E-state index contributed by atoms with van der Waals surface area (Å²) in [6.07, 6.45) is 1.40. The van der Waals surface area contributed by atoms with Crippen molar-refractivity contribution in [1.29, 1.82) is 0 Å². The summed E-state index contributed by atoms with van der Waals surface area (Å²) < 4.78 is 27.7. The minimum Gasteiger partial charge on any atom is -0.373 e. The second-order valence-corrected chi connectivity index (χ2v) is 7.25. The van der Waals surface area contributed by atoms with Crippen LogP contribution >= 0.6 is 39.1 Å². The Labute approximate surface area is 140 Å². The quantitative estimate of drug-likeness (QED) is 0.747. The second kappa shape index (κ2) is 6.39. The van der Waals surface area contributed by atoms with Crippen LogP contribution in [0.5, 0.6) is 0 Å². The highest BCUT2D eigenvalue weighted by atomic mass is 79.9. The van der Waals surface area contributed by atoms with E-state index >= 15 is 0 Å². The molecule has 0 fully saturated rings. The molecule has 1 aromatic heterocycles. The molecule has 0 aliphatic heterocycles. The molecule has 2 rings (SSSR count). The molecule has 0 spiro atoms. The average Bonchev–Trinajstić information content (AvgIpc) is 2.48. The first-order valence-corrected chi connectivity index (χ1v) is 8.68. The van der Waals surface area contributed by atoms with Gasteiger partial charge in [0.15, 0.2) is 0 Å². The van der Waals surface area contributed by atoms with Gasteiger partial charge >= 0.3 is 0 Å². The molecule has 0 unspecified atom stereocenters. The molecule has 0 radical (unpaired) electrons. The summed E-state index contributed by atoms with van der Waals surface area (Å²) in [4.78, 5) is 4.03. The van der Waals surface area contributed by atoms with E-state index in [1.807, 2.05) is 0 Å². The number of aromatic nitrogens is 1. The molecule has 1 aromatic carbocycles. The van der Waals surface area contributed by atoms with E-state index in [1.54, 1.807) is 13.1 Å². The van der Waals surface area contributed by atoms with Gasteiger partial charge in [0, 0.05) is 23.8 Å². The Morgan fingerprint density at radius 3 is 2.57 bits per heavy atom. The molecule has 9 heteroatoms. The zero-order valence-corrected chi connectivity index (χ0v) is 14.6. The molecule has 21 heavy (non-hydrogen) atoms. The van der Waals surface area contributed by atoms with E-state index in [9.17, 15) is 8.42 Å². The lowest BCUT2D eigenvalue weighted by Crippen LogP contribution is -2.14. The van der Waals surface area contributed by atoms with Gasteiger partial charge in [0.2, 0.25) is 0 Å². The number of sulfonamides is 1. The van der Waals surface area contributed by atoms with Crippen molar-refractivity contribution < 1.29 is 8.42 Å².